The number of hydrogen-bond donors (Lipinski definition) is 2. The largest absolute Gasteiger partial charge is 0.497 e. The van der Waals surface area contributed by atoms with E-state index in [9.17, 15) is 9.59 Å². The normalized spacial score (nSPS) is 11.1. The molecule has 0 radical (unpaired) electrons. The van der Waals surface area contributed by atoms with Crippen LogP contribution in [0.5, 0.6) is 5.75 Å². The maximum absolute atomic E-state index is 12.6. The van der Waals surface area contributed by atoms with Crippen LogP contribution < -0.4 is 10.3 Å². The molecule has 3 heterocycles. The first-order chi connectivity index (χ1) is 13.5. The topological polar surface area (TPSA) is 128 Å². The molecule has 11 heteroatoms. The van der Waals surface area contributed by atoms with Crippen molar-refractivity contribution in [2.45, 2.75) is 6.54 Å². The molecule has 0 saturated heterocycles. The van der Waals surface area contributed by atoms with E-state index in [4.69, 9.17) is 21.4 Å². The van der Waals surface area contributed by atoms with Gasteiger partial charge in [-0.1, -0.05) is 17.7 Å². The molecule has 142 valence electrons. The molecule has 0 aliphatic heterocycles. The minimum atomic E-state index is -1.13. The summed E-state index contributed by atoms with van der Waals surface area (Å²) < 4.78 is 7.93. The number of hydrogen-bond acceptors (Lipinski definition) is 6. The van der Waals surface area contributed by atoms with E-state index in [1.54, 1.807) is 29.9 Å². The molecule has 0 aliphatic rings. The van der Waals surface area contributed by atoms with Gasteiger partial charge in [0, 0.05) is 11.2 Å². The molecule has 1 aromatic carbocycles. The number of fused-ring (bicyclic) bond motifs is 1. The number of nitrogens with one attached hydrogen (secondary N) is 1. The summed E-state index contributed by atoms with van der Waals surface area (Å²) in [7, 11) is 1.55. The highest BCUT2D eigenvalue weighted by Crippen LogP contribution is 2.23. The number of nitrogens with zero attached hydrogens (tertiary/aromatic N) is 5. The number of benzene rings is 1. The van der Waals surface area contributed by atoms with Crippen LogP contribution >= 0.6 is 11.6 Å². The minimum Gasteiger partial charge on any atom is -0.497 e. The molecular weight excluding hydrogens is 388 g/mol. The van der Waals surface area contributed by atoms with Gasteiger partial charge in [0.15, 0.2) is 11.2 Å². The van der Waals surface area contributed by atoms with Gasteiger partial charge in [0.1, 0.15) is 5.75 Å². The first-order valence-electron chi connectivity index (χ1n) is 8.02. The second-order valence-corrected chi connectivity index (χ2v) is 6.28. The molecule has 0 saturated carbocycles. The molecule has 3 aromatic heterocycles. The molecule has 0 fully saturated rings. The van der Waals surface area contributed by atoms with Crippen molar-refractivity contribution < 1.29 is 14.6 Å². The number of carbonyl (C=O) groups is 1. The molecule has 0 amide bonds. The summed E-state index contributed by atoms with van der Waals surface area (Å²) in [4.78, 5) is 34.6. The number of imidazole rings is 1. The molecule has 4 aromatic rings. The van der Waals surface area contributed by atoms with Gasteiger partial charge >= 0.3 is 5.97 Å². The lowest BCUT2D eigenvalue weighted by molar-refractivity contribution is 0.0697. The molecule has 0 atom stereocenters. The van der Waals surface area contributed by atoms with E-state index in [1.807, 2.05) is 0 Å². The number of ether oxygens (including phenoxy) is 1. The fourth-order valence-electron chi connectivity index (χ4n) is 2.72. The van der Waals surface area contributed by atoms with E-state index in [1.165, 1.54) is 17.2 Å². The lowest BCUT2D eigenvalue weighted by Crippen LogP contribution is -2.16. The number of carboxylic acid groups (broad SMARTS) is 1. The van der Waals surface area contributed by atoms with Crippen LogP contribution in [-0.2, 0) is 6.54 Å². The fourth-order valence-corrected chi connectivity index (χ4v) is 2.95. The van der Waals surface area contributed by atoms with E-state index in [0.717, 1.165) is 11.8 Å². The molecule has 28 heavy (non-hydrogen) atoms. The quantitative estimate of drug-likeness (QED) is 0.521. The number of aromatic carboxylic acids is 1. The minimum absolute atomic E-state index is 0.0255. The van der Waals surface area contributed by atoms with Crippen LogP contribution in [0.3, 0.4) is 0 Å². The Hall–Kier alpha value is -3.66. The van der Waals surface area contributed by atoms with Gasteiger partial charge in [0.25, 0.3) is 5.56 Å². The van der Waals surface area contributed by atoms with Gasteiger partial charge in [0.05, 0.1) is 31.7 Å². The summed E-state index contributed by atoms with van der Waals surface area (Å²) in [5, 5.41) is 13.4. The zero-order valence-corrected chi connectivity index (χ0v) is 15.2. The molecule has 0 spiro atoms. The lowest BCUT2D eigenvalue weighted by atomic mass is 10.2. The summed E-state index contributed by atoms with van der Waals surface area (Å²) in [6, 6.07) is 5.27. The van der Waals surface area contributed by atoms with Gasteiger partial charge < -0.3 is 14.4 Å². The Morgan fingerprint density at radius 1 is 1.39 bits per heavy atom. The number of aromatic amines is 1. The molecule has 2 N–H and O–H groups in total. The molecular formula is C17H13ClN6O4. The average molecular weight is 401 g/mol. The second kappa shape index (κ2) is 6.82. The third kappa shape index (κ3) is 3.09. The highest BCUT2D eigenvalue weighted by Gasteiger charge is 2.15. The SMILES string of the molecule is COc1ccc(Cn2cnc3nc(-n4cc(C(=O)O)cn4)[nH]c(=O)c32)c(Cl)c1. The Labute approximate surface area is 162 Å². The first kappa shape index (κ1) is 17.7. The van der Waals surface area contributed by atoms with Crippen LogP contribution in [0.15, 0.2) is 41.7 Å². The van der Waals surface area contributed by atoms with Gasteiger partial charge in [-0.15, -0.1) is 0 Å². The summed E-state index contributed by atoms with van der Waals surface area (Å²) in [5.41, 5.74) is 0.789. The van der Waals surface area contributed by atoms with Crippen molar-refractivity contribution >= 4 is 28.7 Å². The first-order valence-corrected chi connectivity index (χ1v) is 8.40. The Morgan fingerprint density at radius 2 is 2.21 bits per heavy atom. The van der Waals surface area contributed by atoms with Gasteiger partial charge in [-0.05, 0) is 17.7 Å². The van der Waals surface area contributed by atoms with Crippen molar-refractivity contribution in [2.24, 2.45) is 0 Å². The maximum atomic E-state index is 12.6. The second-order valence-electron chi connectivity index (χ2n) is 5.87. The van der Waals surface area contributed by atoms with E-state index in [-0.39, 0.29) is 22.7 Å². The summed E-state index contributed by atoms with van der Waals surface area (Å²) in [6.07, 6.45) is 3.90. The van der Waals surface area contributed by atoms with E-state index < -0.39 is 11.5 Å². The monoisotopic (exact) mass is 400 g/mol. The van der Waals surface area contributed by atoms with Crippen molar-refractivity contribution in [2.75, 3.05) is 7.11 Å². The number of halogens is 1. The summed E-state index contributed by atoms with van der Waals surface area (Å²) >= 11 is 6.27. The van der Waals surface area contributed by atoms with Crippen molar-refractivity contribution in [1.82, 2.24) is 29.3 Å². The number of carboxylic acids is 1. The van der Waals surface area contributed by atoms with Crippen LogP contribution in [0, 0.1) is 0 Å². The zero-order valence-electron chi connectivity index (χ0n) is 14.5. The Balaban J connectivity index is 1.72. The standard InChI is InChI=1S/C17H13ClN6O4/c1-28-11-3-2-9(12(18)4-11)6-23-8-19-14-13(23)15(25)22-17(21-14)24-7-10(5-20-24)16(26)27/h2-5,7-8H,6H2,1H3,(H,26,27)(H,21,22,25). The third-order valence-corrected chi connectivity index (χ3v) is 4.47. The van der Waals surface area contributed by atoms with Crippen molar-refractivity contribution in [3.8, 4) is 11.7 Å². The average Bonchev–Trinajstić information content (AvgIpc) is 3.31. The zero-order chi connectivity index (χ0) is 19.8. The fraction of sp³-hybridized carbons (Fsp3) is 0.118. The summed E-state index contributed by atoms with van der Waals surface area (Å²) in [6.45, 7) is 0.314. The predicted molar refractivity (Wildman–Crippen MR) is 99.3 cm³/mol. The molecule has 0 aliphatic carbocycles. The smallest absolute Gasteiger partial charge is 0.338 e. The van der Waals surface area contributed by atoms with Crippen LogP contribution in [-0.4, -0.2) is 47.5 Å². The highest BCUT2D eigenvalue weighted by atomic mass is 35.5. The van der Waals surface area contributed by atoms with Crippen molar-refractivity contribution in [1.29, 1.82) is 0 Å². The van der Waals surface area contributed by atoms with Crippen LogP contribution in [0.1, 0.15) is 15.9 Å². The molecule has 4 rings (SSSR count). The Bertz CT molecular complexity index is 1260. The van der Waals surface area contributed by atoms with Crippen molar-refractivity contribution in [3.63, 3.8) is 0 Å². The number of aromatic nitrogens is 6. The molecule has 10 nitrogen and oxygen atoms in total. The van der Waals surface area contributed by atoms with E-state index in [0.29, 0.717) is 17.3 Å². The van der Waals surface area contributed by atoms with Crippen molar-refractivity contribution in [3.05, 3.63) is 63.4 Å². The van der Waals surface area contributed by atoms with Gasteiger partial charge in [-0.25, -0.2) is 14.5 Å². The maximum Gasteiger partial charge on any atom is 0.338 e. The van der Waals surface area contributed by atoms with Crippen LogP contribution in [0.2, 0.25) is 5.02 Å². The third-order valence-electron chi connectivity index (χ3n) is 4.12. The van der Waals surface area contributed by atoms with Gasteiger partial charge in [-0.2, -0.15) is 10.1 Å². The number of methoxy groups -OCH3 is 1. The number of H-pyrrole nitrogens is 1. The lowest BCUT2D eigenvalue weighted by Gasteiger charge is -2.08. The highest BCUT2D eigenvalue weighted by molar-refractivity contribution is 6.31. The summed E-state index contributed by atoms with van der Waals surface area (Å²) in [5.74, 6) is -0.429. The van der Waals surface area contributed by atoms with Gasteiger partial charge in [0.2, 0.25) is 5.95 Å². The van der Waals surface area contributed by atoms with Crippen LogP contribution in [0.25, 0.3) is 17.1 Å². The molecule has 0 bridgehead atoms. The van der Waals surface area contributed by atoms with E-state index >= 15 is 0 Å². The molecule has 0 unspecified atom stereocenters. The Kier molecular flexibility index (Phi) is 4.32. The number of rotatable bonds is 5. The van der Waals surface area contributed by atoms with Crippen LogP contribution in [0.4, 0.5) is 0 Å². The predicted octanol–water partition coefficient (Wildman–Crippen LogP) is 1.71. The Morgan fingerprint density at radius 3 is 2.89 bits per heavy atom. The van der Waals surface area contributed by atoms with Gasteiger partial charge in [-0.3, -0.25) is 9.78 Å². The van der Waals surface area contributed by atoms with E-state index in [2.05, 4.69) is 20.1 Å².